The van der Waals surface area contributed by atoms with Crippen molar-refractivity contribution in [1.29, 1.82) is 0 Å². The van der Waals surface area contributed by atoms with Crippen molar-refractivity contribution in [2.24, 2.45) is 18.7 Å². The molecule has 0 bridgehead atoms. The minimum atomic E-state index is -0.634. The molecule has 2 aromatic rings. The molecule has 3 fully saturated rings. The normalized spacial score (nSPS) is 27.3. The first kappa shape index (κ1) is 23.3. The molecule has 1 saturated carbocycles. The van der Waals surface area contributed by atoms with Crippen molar-refractivity contribution < 1.29 is 9.59 Å². The van der Waals surface area contributed by atoms with E-state index in [1.807, 2.05) is 6.07 Å². The van der Waals surface area contributed by atoms with Gasteiger partial charge in [-0.3, -0.25) is 24.0 Å². The molecule has 1 aromatic heterocycles. The summed E-state index contributed by atoms with van der Waals surface area (Å²) in [5.41, 5.74) is 8.70. The maximum Gasteiger partial charge on any atom is 0.329 e. The lowest BCUT2D eigenvalue weighted by Crippen LogP contribution is -2.46. The topological polar surface area (TPSA) is 102 Å². The van der Waals surface area contributed by atoms with Crippen LogP contribution in [0.1, 0.15) is 69.4 Å². The van der Waals surface area contributed by atoms with Crippen LogP contribution < -0.4 is 16.7 Å². The molecule has 3 N–H and O–H groups in total. The molecule has 0 spiro atoms. The predicted octanol–water partition coefficient (Wildman–Crippen LogP) is 2.23. The van der Waals surface area contributed by atoms with Crippen LogP contribution in [0.2, 0.25) is 0 Å². The number of aromatic nitrogens is 2. The summed E-state index contributed by atoms with van der Waals surface area (Å²) in [5.74, 6) is 0.0970. The highest BCUT2D eigenvalue weighted by atomic mass is 16.2. The van der Waals surface area contributed by atoms with E-state index in [0.717, 1.165) is 55.3 Å². The Labute approximate surface area is 200 Å². The van der Waals surface area contributed by atoms with E-state index in [1.54, 1.807) is 16.2 Å². The van der Waals surface area contributed by atoms with Gasteiger partial charge in [0.15, 0.2) is 0 Å². The maximum absolute atomic E-state index is 13.0. The SMILES string of the molecule is Cn1c(=O)n(C2CCC(=O)NC2=O)c2ccc(CCC3CCC(N4CCC(N)CC4)CC3)cc21. The molecule has 1 aliphatic carbocycles. The molecule has 2 amide bonds. The Kier molecular flexibility index (Phi) is 6.62. The zero-order chi connectivity index (χ0) is 23.8. The van der Waals surface area contributed by atoms with Crippen LogP contribution in [-0.4, -0.2) is 51.0 Å². The number of imide groups is 1. The summed E-state index contributed by atoms with van der Waals surface area (Å²) in [5, 5.41) is 2.37. The van der Waals surface area contributed by atoms with Gasteiger partial charge in [0.2, 0.25) is 11.8 Å². The van der Waals surface area contributed by atoms with Crippen molar-refractivity contribution in [3.8, 4) is 0 Å². The highest BCUT2D eigenvalue weighted by molar-refractivity contribution is 6.00. The first-order chi connectivity index (χ1) is 16.4. The van der Waals surface area contributed by atoms with Crippen molar-refractivity contribution in [2.45, 2.75) is 82.3 Å². The molecule has 1 unspecified atom stereocenters. The highest BCUT2D eigenvalue weighted by Crippen LogP contribution is 2.32. The molecule has 8 heteroatoms. The van der Waals surface area contributed by atoms with Crippen molar-refractivity contribution in [3.05, 3.63) is 34.2 Å². The van der Waals surface area contributed by atoms with Gasteiger partial charge in [-0.2, -0.15) is 0 Å². The average molecular weight is 468 g/mol. The number of benzene rings is 1. The van der Waals surface area contributed by atoms with Crippen LogP contribution in [0.15, 0.2) is 23.0 Å². The Bertz CT molecular complexity index is 1120. The smallest absolute Gasteiger partial charge is 0.328 e. The molecule has 1 atom stereocenters. The number of carbonyl (C=O) groups is 2. The quantitative estimate of drug-likeness (QED) is 0.657. The van der Waals surface area contributed by atoms with Gasteiger partial charge in [-0.25, -0.2) is 4.79 Å². The molecule has 8 nitrogen and oxygen atoms in total. The van der Waals surface area contributed by atoms with Gasteiger partial charge in [-0.1, -0.05) is 6.07 Å². The number of rotatable bonds is 5. The fourth-order valence-corrected chi connectivity index (χ4v) is 6.25. The van der Waals surface area contributed by atoms with Crippen LogP contribution in [-0.2, 0) is 23.1 Å². The fourth-order valence-electron chi connectivity index (χ4n) is 6.25. The van der Waals surface area contributed by atoms with Gasteiger partial charge >= 0.3 is 5.69 Å². The van der Waals surface area contributed by atoms with Crippen LogP contribution in [0, 0.1) is 5.92 Å². The molecule has 2 aliphatic heterocycles. The third-order valence-corrected chi connectivity index (χ3v) is 8.42. The van der Waals surface area contributed by atoms with E-state index < -0.39 is 11.9 Å². The summed E-state index contributed by atoms with van der Waals surface area (Å²) in [6.07, 6.45) is 10.2. The van der Waals surface area contributed by atoms with Crippen molar-refractivity contribution in [3.63, 3.8) is 0 Å². The molecular weight excluding hydrogens is 430 g/mol. The standard InChI is InChI=1S/C26H37N5O3/c1-29-23-16-18(3-2-17-4-7-20(8-5-17)30-14-12-19(27)13-15-30)6-9-21(23)31(26(29)34)22-10-11-24(32)28-25(22)33/h6,9,16-17,19-20,22H,2-5,7-8,10-15,27H2,1H3,(H,28,32,33). The van der Waals surface area contributed by atoms with Crippen molar-refractivity contribution in [1.82, 2.24) is 19.4 Å². The zero-order valence-electron chi connectivity index (χ0n) is 20.2. The number of hydrogen-bond acceptors (Lipinski definition) is 5. The first-order valence-electron chi connectivity index (χ1n) is 12.9. The summed E-state index contributed by atoms with van der Waals surface area (Å²) < 4.78 is 3.17. The molecule has 2 saturated heterocycles. The van der Waals surface area contributed by atoms with E-state index in [0.29, 0.717) is 12.5 Å². The Hall–Kier alpha value is -2.45. The van der Waals surface area contributed by atoms with Gasteiger partial charge in [-0.05, 0) is 94.5 Å². The number of imidazole rings is 1. The number of nitrogens with zero attached hydrogens (tertiary/aromatic N) is 3. The second kappa shape index (κ2) is 9.66. The number of nitrogens with one attached hydrogen (secondary N) is 1. The zero-order valence-corrected chi connectivity index (χ0v) is 20.2. The number of piperidine rings is 2. The average Bonchev–Trinajstić information content (AvgIpc) is 3.08. The number of carbonyl (C=O) groups excluding carboxylic acids is 2. The molecule has 184 valence electrons. The Morgan fingerprint density at radius 1 is 0.971 bits per heavy atom. The van der Waals surface area contributed by atoms with Gasteiger partial charge in [0.1, 0.15) is 6.04 Å². The van der Waals surface area contributed by atoms with E-state index >= 15 is 0 Å². The molecule has 5 rings (SSSR count). The second-order valence-electron chi connectivity index (χ2n) is 10.6. The number of aryl methyl sites for hydroxylation is 2. The van der Waals surface area contributed by atoms with E-state index in [9.17, 15) is 14.4 Å². The van der Waals surface area contributed by atoms with Crippen LogP contribution in [0.25, 0.3) is 11.0 Å². The molecule has 3 aliphatic rings. The molecule has 3 heterocycles. The molecule has 0 radical (unpaired) electrons. The van der Waals surface area contributed by atoms with Crippen LogP contribution >= 0.6 is 0 Å². The van der Waals surface area contributed by atoms with E-state index in [2.05, 4.69) is 22.3 Å². The van der Waals surface area contributed by atoms with Gasteiger partial charge in [0.05, 0.1) is 11.0 Å². The van der Waals surface area contributed by atoms with Gasteiger partial charge < -0.3 is 10.6 Å². The molecule has 1 aromatic carbocycles. The Morgan fingerprint density at radius 3 is 2.41 bits per heavy atom. The summed E-state index contributed by atoms with van der Waals surface area (Å²) in [6.45, 7) is 2.32. The van der Waals surface area contributed by atoms with E-state index in [-0.39, 0.29) is 18.0 Å². The fraction of sp³-hybridized carbons (Fsp3) is 0.654. The lowest BCUT2D eigenvalue weighted by molar-refractivity contribution is -0.135. The van der Waals surface area contributed by atoms with Crippen LogP contribution in [0.4, 0.5) is 0 Å². The first-order valence-corrected chi connectivity index (χ1v) is 12.9. The highest BCUT2D eigenvalue weighted by Gasteiger charge is 2.31. The number of nitrogens with two attached hydrogens (primary N) is 1. The summed E-state index contributed by atoms with van der Waals surface area (Å²) >= 11 is 0. The third-order valence-electron chi connectivity index (χ3n) is 8.42. The van der Waals surface area contributed by atoms with E-state index in [1.165, 1.54) is 37.7 Å². The summed E-state index contributed by atoms with van der Waals surface area (Å²) in [6, 6.07) is 6.65. The monoisotopic (exact) mass is 467 g/mol. The van der Waals surface area contributed by atoms with Gasteiger partial charge in [0.25, 0.3) is 0 Å². The number of likely N-dealkylation sites (tertiary alicyclic amines) is 1. The minimum absolute atomic E-state index is 0.210. The number of amides is 2. The predicted molar refractivity (Wildman–Crippen MR) is 131 cm³/mol. The lowest BCUT2D eigenvalue weighted by atomic mass is 9.81. The summed E-state index contributed by atoms with van der Waals surface area (Å²) in [4.78, 5) is 39.5. The number of hydrogen-bond donors (Lipinski definition) is 2. The summed E-state index contributed by atoms with van der Waals surface area (Å²) in [7, 11) is 1.76. The van der Waals surface area contributed by atoms with Gasteiger partial charge in [-0.15, -0.1) is 0 Å². The third kappa shape index (κ3) is 4.58. The van der Waals surface area contributed by atoms with Crippen molar-refractivity contribution in [2.75, 3.05) is 13.1 Å². The van der Waals surface area contributed by atoms with Gasteiger partial charge in [0, 0.05) is 25.6 Å². The van der Waals surface area contributed by atoms with E-state index in [4.69, 9.17) is 5.73 Å². The second-order valence-corrected chi connectivity index (χ2v) is 10.6. The largest absolute Gasteiger partial charge is 0.329 e. The lowest BCUT2D eigenvalue weighted by Gasteiger charge is -2.40. The maximum atomic E-state index is 13.0. The van der Waals surface area contributed by atoms with Crippen molar-refractivity contribution >= 4 is 22.8 Å². The van der Waals surface area contributed by atoms with Crippen LogP contribution in [0.5, 0.6) is 0 Å². The molecule has 34 heavy (non-hydrogen) atoms. The molecular formula is C26H37N5O3. The Balaban J connectivity index is 1.22. The Morgan fingerprint density at radius 2 is 1.71 bits per heavy atom. The number of fused-ring (bicyclic) bond motifs is 1. The minimum Gasteiger partial charge on any atom is -0.328 e. The van der Waals surface area contributed by atoms with Crippen LogP contribution in [0.3, 0.4) is 0 Å².